The third-order valence-electron chi connectivity index (χ3n) is 4.79. The number of carbonyl (C=O) groups excluding carboxylic acids is 2. The van der Waals surface area contributed by atoms with E-state index in [0.29, 0.717) is 0 Å². The summed E-state index contributed by atoms with van der Waals surface area (Å²) >= 11 is 0. The van der Waals surface area contributed by atoms with E-state index < -0.39 is 11.7 Å². The number of nitrogens with zero attached hydrogens (tertiary/aromatic N) is 3. The Balaban J connectivity index is 1.74. The molecule has 7 nitrogen and oxygen atoms in total. The Morgan fingerprint density at radius 3 is 2.75 bits per heavy atom. The molecule has 0 radical (unpaired) electrons. The van der Waals surface area contributed by atoms with Crippen molar-refractivity contribution in [1.29, 1.82) is 0 Å². The number of imidazole rings is 1. The Labute approximate surface area is 165 Å². The van der Waals surface area contributed by atoms with Gasteiger partial charge in [0, 0.05) is 19.4 Å². The van der Waals surface area contributed by atoms with Crippen LogP contribution in [0.4, 0.5) is 4.79 Å². The first-order chi connectivity index (χ1) is 13.2. The molecule has 2 atom stereocenters. The molecule has 150 valence electrons. The summed E-state index contributed by atoms with van der Waals surface area (Å²) in [5.74, 6) is -0.222. The molecule has 2 aromatic rings. The molecule has 0 saturated carbocycles. The summed E-state index contributed by atoms with van der Waals surface area (Å²) in [7, 11) is 1.57. The molecule has 0 bridgehead atoms. The number of aryl methyl sites for hydroxylation is 1. The van der Waals surface area contributed by atoms with Crippen molar-refractivity contribution >= 4 is 12.0 Å². The SMILES string of the molecule is CN(CC(=O)N[C@@H]1c2ccccc2CC[C@H]1n1ccnc1)C(=O)OC(C)(C)C. The Morgan fingerprint density at radius 2 is 2.07 bits per heavy atom. The van der Waals surface area contributed by atoms with E-state index in [0.717, 1.165) is 18.4 Å². The smallest absolute Gasteiger partial charge is 0.410 e. The van der Waals surface area contributed by atoms with Crippen molar-refractivity contribution in [2.45, 2.75) is 51.3 Å². The Morgan fingerprint density at radius 1 is 1.32 bits per heavy atom. The number of aromatic nitrogens is 2. The van der Waals surface area contributed by atoms with Gasteiger partial charge in [0.25, 0.3) is 0 Å². The predicted octanol–water partition coefficient (Wildman–Crippen LogP) is 3.09. The third-order valence-corrected chi connectivity index (χ3v) is 4.79. The summed E-state index contributed by atoms with van der Waals surface area (Å²) in [5, 5.41) is 3.13. The van der Waals surface area contributed by atoms with Crippen LogP contribution >= 0.6 is 0 Å². The monoisotopic (exact) mass is 384 g/mol. The summed E-state index contributed by atoms with van der Waals surface area (Å²) in [4.78, 5) is 30.3. The molecule has 0 saturated heterocycles. The number of ether oxygens (including phenoxy) is 1. The van der Waals surface area contributed by atoms with E-state index >= 15 is 0 Å². The van der Waals surface area contributed by atoms with Crippen molar-refractivity contribution < 1.29 is 14.3 Å². The van der Waals surface area contributed by atoms with Crippen LogP contribution in [0.15, 0.2) is 43.0 Å². The van der Waals surface area contributed by atoms with Gasteiger partial charge in [-0.15, -0.1) is 0 Å². The molecule has 1 aliphatic rings. The second kappa shape index (κ2) is 8.04. The fourth-order valence-electron chi connectivity index (χ4n) is 3.54. The van der Waals surface area contributed by atoms with Gasteiger partial charge in [0.1, 0.15) is 12.1 Å². The van der Waals surface area contributed by atoms with Crippen LogP contribution in [0.5, 0.6) is 0 Å². The van der Waals surface area contributed by atoms with E-state index in [4.69, 9.17) is 4.74 Å². The highest BCUT2D eigenvalue weighted by atomic mass is 16.6. The maximum Gasteiger partial charge on any atom is 0.410 e. The summed E-state index contributed by atoms with van der Waals surface area (Å²) in [6, 6.07) is 8.06. The molecule has 0 fully saturated rings. The molecule has 0 aliphatic heterocycles. The number of hydrogen-bond acceptors (Lipinski definition) is 4. The van der Waals surface area contributed by atoms with Gasteiger partial charge in [-0.3, -0.25) is 4.79 Å². The summed E-state index contributed by atoms with van der Waals surface area (Å²) in [6.45, 7) is 5.33. The highest BCUT2D eigenvalue weighted by Gasteiger charge is 2.32. The number of fused-ring (bicyclic) bond motifs is 1. The first-order valence-corrected chi connectivity index (χ1v) is 9.53. The number of likely N-dealkylation sites (N-methyl/N-ethyl adjacent to an activating group) is 1. The van der Waals surface area contributed by atoms with Gasteiger partial charge in [-0.05, 0) is 44.7 Å². The zero-order valence-corrected chi connectivity index (χ0v) is 16.9. The Hall–Kier alpha value is -2.83. The van der Waals surface area contributed by atoms with Crippen LogP contribution in [0, 0.1) is 0 Å². The maximum absolute atomic E-state index is 12.7. The quantitative estimate of drug-likeness (QED) is 0.879. The minimum absolute atomic E-state index is 0.0652. The number of hydrogen-bond donors (Lipinski definition) is 1. The normalized spacial score (nSPS) is 18.9. The molecule has 2 amide bonds. The van der Waals surface area contributed by atoms with Crippen molar-refractivity contribution in [1.82, 2.24) is 19.8 Å². The standard InChI is InChI=1S/C21H28N4O3/c1-21(2,3)28-20(27)24(4)13-18(26)23-19-16-8-6-5-7-15(16)9-10-17(19)25-12-11-22-14-25/h5-8,11-12,14,17,19H,9-10,13H2,1-4H3,(H,23,26)/t17-,19-/m1/s1. The van der Waals surface area contributed by atoms with E-state index in [1.165, 1.54) is 10.5 Å². The number of amides is 2. The van der Waals surface area contributed by atoms with Gasteiger partial charge in [-0.1, -0.05) is 24.3 Å². The van der Waals surface area contributed by atoms with Crippen LogP contribution in [-0.2, 0) is 16.0 Å². The number of benzene rings is 1. The molecule has 0 unspecified atom stereocenters. The summed E-state index contributed by atoms with van der Waals surface area (Å²) in [6.07, 6.45) is 6.78. The van der Waals surface area contributed by atoms with Gasteiger partial charge in [-0.2, -0.15) is 0 Å². The van der Waals surface area contributed by atoms with Gasteiger partial charge in [0.15, 0.2) is 0 Å². The van der Waals surface area contributed by atoms with Crippen molar-refractivity contribution in [3.05, 3.63) is 54.1 Å². The van der Waals surface area contributed by atoms with Crippen LogP contribution in [-0.4, -0.2) is 45.6 Å². The number of nitrogens with one attached hydrogen (secondary N) is 1. The average Bonchev–Trinajstić information content (AvgIpc) is 3.15. The van der Waals surface area contributed by atoms with Crippen LogP contribution in [0.3, 0.4) is 0 Å². The molecular formula is C21H28N4O3. The molecule has 28 heavy (non-hydrogen) atoms. The van der Waals surface area contributed by atoms with E-state index in [1.54, 1.807) is 40.3 Å². The van der Waals surface area contributed by atoms with E-state index in [-0.39, 0.29) is 24.5 Å². The van der Waals surface area contributed by atoms with Crippen molar-refractivity contribution in [3.8, 4) is 0 Å². The zero-order chi connectivity index (χ0) is 20.3. The van der Waals surface area contributed by atoms with E-state index in [2.05, 4.69) is 22.4 Å². The first-order valence-electron chi connectivity index (χ1n) is 9.53. The molecule has 1 aromatic heterocycles. The first kappa shape index (κ1) is 19.9. The maximum atomic E-state index is 12.7. The van der Waals surface area contributed by atoms with E-state index in [9.17, 15) is 9.59 Å². The molecular weight excluding hydrogens is 356 g/mol. The lowest BCUT2D eigenvalue weighted by molar-refractivity contribution is -0.123. The lowest BCUT2D eigenvalue weighted by atomic mass is 9.84. The fourth-order valence-corrected chi connectivity index (χ4v) is 3.54. The van der Waals surface area contributed by atoms with Crippen LogP contribution < -0.4 is 5.32 Å². The Kier molecular flexibility index (Phi) is 5.72. The van der Waals surface area contributed by atoms with Crippen LogP contribution in [0.1, 0.15) is 50.4 Å². The lowest BCUT2D eigenvalue weighted by Crippen LogP contribution is -2.44. The molecule has 1 aromatic carbocycles. The van der Waals surface area contributed by atoms with Gasteiger partial charge in [-0.25, -0.2) is 9.78 Å². The van der Waals surface area contributed by atoms with Crippen LogP contribution in [0.25, 0.3) is 0 Å². The van der Waals surface area contributed by atoms with Gasteiger partial charge in [0.2, 0.25) is 5.91 Å². The van der Waals surface area contributed by atoms with Crippen molar-refractivity contribution in [2.24, 2.45) is 0 Å². The lowest BCUT2D eigenvalue weighted by Gasteiger charge is -2.35. The molecule has 0 spiro atoms. The van der Waals surface area contributed by atoms with Crippen LogP contribution in [0.2, 0.25) is 0 Å². The minimum Gasteiger partial charge on any atom is -0.444 e. The molecule has 1 aliphatic carbocycles. The number of rotatable bonds is 4. The predicted molar refractivity (Wildman–Crippen MR) is 106 cm³/mol. The zero-order valence-electron chi connectivity index (χ0n) is 16.9. The minimum atomic E-state index is -0.601. The van der Waals surface area contributed by atoms with Gasteiger partial charge < -0.3 is 19.5 Å². The average molecular weight is 384 g/mol. The highest BCUT2D eigenvalue weighted by Crippen LogP contribution is 2.37. The number of carbonyl (C=O) groups is 2. The third kappa shape index (κ3) is 4.71. The van der Waals surface area contributed by atoms with Crippen molar-refractivity contribution in [2.75, 3.05) is 13.6 Å². The van der Waals surface area contributed by atoms with E-state index in [1.807, 2.05) is 22.9 Å². The molecule has 3 rings (SSSR count). The second-order valence-electron chi connectivity index (χ2n) is 8.20. The molecule has 1 N–H and O–H groups in total. The summed E-state index contributed by atoms with van der Waals surface area (Å²) in [5.41, 5.74) is 1.75. The Bertz CT molecular complexity index is 826. The van der Waals surface area contributed by atoms with Crippen molar-refractivity contribution in [3.63, 3.8) is 0 Å². The molecule has 1 heterocycles. The second-order valence-corrected chi connectivity index (χ2v) is 8.20. The molecule has 7 heteroatoms. The fraction of sp³-hybridized carbons (Fsp3) is 0.476. The summed E-state index contributed by atoms with van der Waals surface area (Å²) < 4.78 is 7.36. The van der Waals surface area contributed by atoms with Gasteiger partial charge >= 0.3 is 6.09 Å². The highest BCUT2D eigenvalue weighted by molar-refractivity contribution is 5.82. The topological polar surface area (TPSA) is 76.5 Å². The van der Waals surface area contributed by atoms with Gasteiger partial charge in [0.05, 0.1) is 18.4 Å². The largest absolute Gasteiger partial charge is 0.444 e.